The third-order valence-corrected chi connectivity index (χ3v) is 6.93. The first-order chi connectivity index (χ1) is 16.3. The van der Waals surface area contributed by atoms with Crippen molar-refractivity contribution in [3.05, 3.63) is 88.9 Å². The number of hydrogen-bond acceptors (Lipinski definition) is 5. The van der Waals surface area contributed by atoms with E-state index in [-0.39, 0.29) is 28.2 Å². The summed E-state index contributed by atoms with van der Waals surface area (Å²) in [6.45, 7) is 1.97. The monoisotopic (exact) mass is 502 g/mol. The lowest BCUT2D eigenvalue weighted by Gasteiger charge is -2.15. The van der Waals surface area contributed by atoms with E-state index >= 15 is 0 Å². The van der Waals surface area contributed by atoms with Gasteiger partial charge in [-0.3, -0.25) is 4.79 Å². The predicted octanol–water partition coefficient (Wildman–Crippen LogP) is 4.13. The van der Waals surface area contributed by atoms with Gasteiger partial charge < -0.3 is 14.8 Å². The zero-order valence-corrected chi connectivity index (χ0v) is 20.5. The largest absolute Gasteiger partial charge is 0.497 e. The molecule has 0 spiro atoms. The van der Waals surface area contributed by atoms with Gasteiger partial charge >= 0.3 is 0 Å². The molecule has 0 bridgehead atoms. The summed E-state index contributed by atoms with van der Waals surface area (Å²) in [6.07, 6.45) is 0.664. The zero-order chi connectivity index (χ0) is 24.6. The Hall–Kier alpha value is -3.07. The Bertz CT molecular complexity index is 1200. The van der Waals surface area contributed by atoms with Gasteiger partial charge in [-0.15, -0.1) is 0 Å². The Morgan fingerprint density at radius 2 is 1.74 bits per heavy atom. The quantitative estimate of drug-likeness (QED) is 0.411. The van der Waals surface area contributed by atoms with Gasteiger partial charge in [-0.25, -0.2) is 13.1 Å². The van der Waals surface area contributed by atoms with Crippen LogP contribution in [0.4, 0.5) is 0 Å². The molecule has 3 aromatic carbocycles. The van der Waals surface area contributed by atoms with E-state index in [1.807, 2.05) is 54.6 Å². The number of methoxy groups -OCH3 is 1. The molecule has 7 nitrogen and oxygen atoms in total. The second kappa shape index (κ2) is 11.9. The molecule has 0 radical (unpaired) electrons. The highest BCUT2D eigenvalue weighted by atomic mass is 35.5. The average molecular weight is 503 g/mol. The van der Waals surface area contributed by atoms with Crippen molar-refractivity contribution in [3.63, 3.8) is 0 Å². The van der Waals surface area contributed by atoms with E-state index in [1.54, 1.807) is 14.0 Å². The third-order valence-electron chi connectivity index (χ3n) is 5.10. The molecule has 3 aromatic rings. The summed E-state index contributed by atoms with van der Waals surface area (Å²) in [5, 5.41) is 2.88. The number of carbonyl (C=O) groups is 1. The fourth-order valence-electron chi connectivity index (χ4n) is 3.21. The number of nitrogens with one attached hydrogen (secondary N) is 2. The van der Waals surface area contributed by atoms with E-state index in [1.165, 1.54) is 18.2 Å². The lowest BCUT2D eigenvalue weighted by atomic mass is 10.1. The molecule has 1 amide bonds. The second-order valence-corrected chi connectivity index (χ2v) is 9.70. The van der Waals surface area contributed by atoms with Crippen LogP contribution < -0.4 is 19.5 Å². The number of carbonyl (C=O) groups excluding carboxylic acids is 1. The molecular weight excluding hydrogens is 476 g/mol. The minimum atomic E-state index is -3.80. The molecule has 180 valence electrons. The van der Waals surface area contributed by atoms with E-state index in [4.69, 9.17) is 21.1 Å². The molecule has 0 aliphatic rings. The maximum Gasteiger partial charge on any atom is 0.257 e. The van der Waals surface area contributed by atoms with Gasteiger partial charge in [0.1, 0.15) is 11.5 Å². The highest BCUT2D eigenvalue weighted by Gasteiger charge is 2.20. The van der Waals surface area contributed by atoms with Crippen LogP contribution in [-0.2, 0) is 21.2 Å². The zero-order valence-electron chi connectivity index (χ0n) is 19.0. The standard InChI is InChI=1S/C25H27ClN2O5S/c1-18(20-6-4-3-5-7-20)28-34(30,31)22-12-13-24(23(26)16-22)33-17-25(29)27-15-14-19-8-10-21(32-2)11-9-19/h3-13,16,18,28H,14-15,17H2,1-2H3,(H,27,29). The minimum Gasteiger partial charge on any atom is -0.497 e. The molecule has 0 saturated carbocycles. The van der Waals surface area contributed by atoms with Crippen LogP contribution in [0.25, 0.3) is 0 Å². The van der Waals surface area contributed by atoms with Crippen LogP contribution in [0.15, 0.2) is 77.7 Å². The molecular formula is C25H27ClN2O5S. The number of benzene rings is 3. The molecule has 0 aliphatic carbocycles. The van der Waals surface area contributed by atoms with Crippen molar-refractivity contribution >= 4 is 27.5 Å². The Labute approximate surface area is 205 Å². The number of halogens is 1. The smallest absolute Gasteiger partial charge is 0.257 e. The molecule has 3 rings (SSSR count). The van der Waals surface area contributed by atoms with Crippen molar-refractivity contribution in [1.29, 1.82) is 0 Å². The van der Waals surface area contributed by atoms with Gasteiger partial charge in [-0.1, -0.05) is 54.1 Å². The Balaban J connectivity index is 1.50. The van der Waals surface area contributed by atoms with Crippen LogP contribution in [0, 0.1) is 0 Å². The predicted molar refractivity (Wildman–Crippen MR) is 132 cm³/mol. The number of amides is 1. The molecule has 0 aliphatic heterocycles. The summed E-state index contributed by atoms with van der Waals surface area (Å²) in [5.41, 5.74) is 1.91. The first-order valence-electron chi connectivity index (χ1n) is 10.7. The topological polar surface area (TPSA) is 93.7 Å². The Kier molecular flexibility index (Phi) is 8.92. The van der Waals surface area contributed by atoms with Crippen molar-refractivity contribution in [2.75, 3.05) is 20.3 Å². The van der Waals surface area contributed by atoms with Gasteiger partial charge in [0.05, 0.1) is 17.0 Å². The molecule has 2 N–H and O–H groups in total. The fraction of sp³-hybridized carbons (Fsp3) is 0.240. The molecule has 9 heteroatoms. The normalized spacial score (nSPS) is 12.1. The second-order valence-electron chi connectivity index (χ2n) is 7.58. The highest BCUT2D eigenvalue weighted by Crippen LogP contribution is 2.28. The average Bonchev–Trinajstić information content (AvgIpc) is 2.84. The molecule has 0 fully saturated rings. The van der Waals surface area contributed by atoms with Crippen molar-refractivity contribution in [2.45, 2.75) is 24.3 Å². The fourth-order valence-corrected chi connectivity index (χ4v) is 4.77. The van der Waals surface area contributed by atoms with Gasteiger partial charge in [0.25, 0.3) is 5.91 Å². The van der Waals surface area contributed by atoms with Crippen molar-refractivity contribution in [1.82, 2.24) is 10.0 Å². The van der Waals surface area contributed by atoms with E-state index < -0.39 is 16.1 Å². The number of ether oxygens (including phenoxy) is 2. The van der Waals surface area contributed by atoms with Crippen LogP contribution in [0.5, 0.6) is 11.5 Å². The SMILES string of the molecule is COc1ccc(CCNC(=O)COc2ccc(S(=O)(=O)NC(C)c3ccccc3)cc2Cl)cc1. The van der Waals surface area contributed by atoms with Gasteiger partial charge in [0.2, 0.25) is 10.0 Å². The summed E-state index contributed by atoms with van der Waals surface area (Å²) >= 11 is 6.22. The maximum atomic E-state index is 12.7. The van der Waals surface area contributed by atoms with Crippen LogP contribution in [-0.4, -0.2) is 34.6 Å². The van der Waals surface area contributed by atoms with Gasteiger partial charge in [-0.05, 0) is 54.8 Å². The third kappa shape index (κ3) is 7.21. The molecule has 34 heavy (non-hydrogen) atoms. The number of rotatable bonds is 11. The summed E-state index contributed by atoms with van der Waals surface area (Å²) in [6, 6.07) is 20.6. The molecule has 0 aromatic heterocycles. The Morgan fingerprint density at radius 3 is 2.38 bits per heavy atom. The van der Waals surface area contributed by atoms with E-state index in [0.717, 1.165) is 16.9 Å². The minimum absolute atomic E-state index is 0.0107. The van der Waals surface area contributed by atoms with E-state index in [9.17, 15) is 13.2 Å². The molecule has 1 unspecified atom stereocenters. The Morgan fingerprint density at radius 1 is 1.03 bits per heavy atom. The highest BCUT2D eigenvalue weighted by molar-refractivity contribution is 7.89. The van der Waals surface area contributed by atoms with Gasteiger partial charge in [0.15, 0.2) is 6.61 Å². The van der Waals surface area contributed by atoms with Crippen molar-refractivity contribution < 1.29 is 22.7 Å². The summed E-state index contributed by atoms with van der Waals surface area (Å²) < 4.78 is 38.7. The van der Waals surface area contributed by atoms with E-state index in [0.29, 0.717) is 13.0 Å². The van der Waals surface area contributed by atoms with Crippen molar-refractivity contribution in [2.24, 2.45) is 0 Å². The van der Waals surface area contributed by atoms with Gasteiger partial charge in [-0.2, -0.15) is 0 Å². The van der Waals surface area contributed by atoms with E-state index in [2.05, 4.69) is 10.0 Å². The number of sulfonamides is 1. The van der Waals surface area contributed by atoms with Crippen LogP contribution in [0.3, 0.4) is 0 Å². The van der Waals surface area contributed by atoms with Crippen LogP contribution >= 0.6 is 11.6 Å². The van der Waals surface area contributed by atoms with Crippen LogP contribution in [0.1, 0.15) is 24.1 Å². The molecule has 1 atom stereocenters. The summed E-state index contributed by atoms with van der Waals surface area (Å²) in [4.78, 5) is 12.1. The summed E-state index contributed by atoms with van der Waals surface area (Å²) in [5.74, 6) is 0.694. The molecule has 0 saturated heterocycles. The summed E-state index contributed by atoms with van der Waals surface area (Å²) in [7, 11) is -2.19. The molecule has 0 heterocycles. The maximum absolute atomic E-state index is 12.7. The van der Waals surface area contributed by atoms with Crippen molar-refractivity contribution in [3.8, 4) is 11.5 Å². The first kappa shape index (κ1) is 25.6. The number of hydrogen-bond donors (Lipinski definition) is 2. The first-order valence-corrected chi connectivity index (χ1v) is 12.5. The lowest BCUT2D eigenvalue weighted by molar-refractivity contribution is -0.123. The van der Waals surface area contributed by atoms with Gasteiger partial charge in [0, 0.05) is 12.6 Å². The lowest BCUT2D eigenvalue weighted by Crippen LogP contribution is -2.30. The van der Waals surface area contributed by atoms with Crippen LogP contribution in [0.2, 0.25) is 5.02 Å².